The third-order valence-electron chi connectivity index (χ3n) is 6.52. The van der Waals surface area contributed by atoms with Crippen molar-refractivity contribution in [3.63, 3.8) is 0 Å². The van der Waals surface area contributed by atoms with Crippen LogP contribution >= 0.6 is 0 Å². The van der Waals surface area contributed by atoms with Crippen LogP contribution in [0.4, 0.5) is 13.2 Å². The molecule has 1 heterocycles. The van der Waals surface area contributed by atoms with Gasteiger partial charge in [-0.25, -0.2) is 13.2 Å². The summed E-state index contributed by atoms with van der Waals surface area (Å²) in [6.45, 7) is 6.86. The van der Waals surface area contributed by atoms with Crippen LogP contribution in [0.25, 0.3) is 11.1 Å². The number of halogens is 3. The molecule has 3 rings (SSSR count). The standard InChI is InChI=1S/C30H32F3N3O4/c1-16(2)10-25(36-30(40)20-8-9-34-14-23(20)32)26(37)15-35-24(13-27(38)39)21-11-19(12-22(31)29(21)33)28-17(3)6-5-7-18(28)4/h5-9,11-12,14,16,24-25,35H,10,13,15H2,1-4H3,(H,36,40)(H,38,39)/t24-,25-/m0/s1. The summed E-state index contributed by atoms with van der Waals surface area (Å²) in [7, 11) is 0. The molecule has 0 spiro atoms. The molecule has 0 unspecified atom stereocenters. The van der Waals surface area contributed by atoms with Gasteiger partial charge in [0.2, 0.25) is 0 Å². The van der Waals surface area contributed by atoms with Crippen molar-refractivity contribution in [3.8, 4) is 11.1 Å². The molecular formula is C30H32F3N3O4. The smallest absolute Gasteiger partial charge is 0.305 e. The number of hydrogen-bond donors (Lipinski definition) is 3. The second-order valence-electron chi connectivity index (χ2n) is 10.1. The SMILES string of the molecule is Cc1cccc(C)c1-c1cc(F)c(F)c([C@H](CC(=O)O)NCC(=O)[C@H](CC(C)C)NC(=O)c2ccncc2F)c1. The number of nitrogens with one attached hydrogen (secondary N) is 2. The number of ketones is 1. The lowest BCUT2D eigenvalue weighted by molar-refractivity contribution is -0.137. The van der Waals surface area contributed by atoms with Gasteiger partial charge in [0.1, 0.15) is 0 Å². The van der Waals surface area contributed by atoms with Gasteiger partial charge in [-0.15, -0.1) is 0 Å². The quantitative estimate of drug-likeness (QED) is 0.280. The summed E-state index contributed by atoms with van der Waals surface area (Å²) < 4.78 is 43.9. The second-order valence-corrected chi connectivity index (χ2v) is 10.1. The maximum absolute atomic E-state index is 15.1. The van der Waals surface area contributed by atoms with Gasteiger partial charge in [0, 0.05) is 17.8 Å². The zero-order chi connectivity index (χ0) is 29.6. The topological polar surface area (TPSA) is 108 Å². The molecule has 2 aromatic carbocycles. The third kappa shape index (κ3) is 7.53. The molecule has 3 N–H and O–H groups in total. The molecule has 1 aromatic heterocycles. The summed E-state index contributed by atoms with van der Waals surface area (Å²) in [6.07, 6.45) is 1.71. The number of Topliss-reactive ketones (excluding diaryl/α,β-unsaturated/α-hetero) is 1. The van der Waals surface area contributed by atoms with Crippen LogP contribution in [0.2, 0.25) is 0 Å². The van der Waals surface area contributed by atoms with Gasteiger partial charge in [0.05, 0.1) is 30.8 Å². The summed E-state index contributed by atoms with van der Waals surface area (Å²) in [4.78, 5) is 41.1. The Bertz CT molecular complexity index is 1390. The predicted octanol–water partition coefficient (Wildman–Crippen LogP) is 5.30. The molecule has 7 nitrogen and oxygen atoms in total. The number of carbonyl (C=O) groups excluding carboxylic acids is 2. The number of amides is 1. The third-order valence-corrected chi connectivity index (χ3v) is 6.52. The van der Waals surface area contributed by atoms with E-state index in [9.17, 15) is 28.3 Å². The Labute approximate surface area is 230 Å². The first-order chi connectivity index (χ1) is 18.9. The number of aryl methyl sites for hydroxylation is 2. The molecule has 0 saturated carbocycles. The highest BCUT2D eigenvalue weighted by Gasteiger charge is 2.27. The summed E-state index contributed by atoms with van der Waals surface area (Å²) in [5.41, 5.74) is 2.19. The van der Waals surface area contributed by atoms with Crippen molar-refractivity contribution < 1.29 is 32.7 Å². The van der Waals surface area contributed by atoms with Crippen molar-refractivity contribution in [1.82, 2.24) is 15.6 Å². The fraction of sp³-hybridized carbons (Fsp3) is 0.333. The molecule has 0 fully saturated rings. The Morgan fingerprint density at radius 1 is 1.00 bits per heavy atom. The van der Waals surface area contributed by atoms with Gasteiger partial charge >= 0.3 is 5.97 Å². The molecule has 0 radical (unpaired) electrons. The van der Waals surface area contributed by atoms with Gasteiger partial charge < -0.3 is 15.7 Å². The number of pyridine rings is 1. The second kappa shape index (κ2) is 13.3. The van der Waals surface area contributed by atoms with E-state index in [-0.39, 0.29) is 23.5 Å². The minimum Gasteiger partial charge on any atom is -0.481 e. The molecule has 3 aromatic rings. The van der Waals surface area contributed by atoms with E-state index >= 15 is 4.39 Å². The van der Waals surface area contributed by atoms with E-state index in [2.05, 4.69) is 15.6 Å². The van der Waals surface area contributed by atoms with Crippen LogP contribution in [-0.4, -0.2) is 40.3 Å². The number of carboxylic acids is 1. The summed E-state index contributed by atoms with van der Waals surface area (Å²) in [5, 5.41) is 14.8. The van der Waals surface area contributed by atoms with E-state index in [1.165, 1.54) is 18.3 Å². The molecule has 1 amide bonds. The molecule has 0 aliphatic carbocycles. The van der Waals surface area contributed by atoms with Crippen LogP contribution in [0.15, 0.2) is 48.8 Å². The normalized spacial score (nSPS) is 12.7. The maximum atomic E-state index is 15.1. The minimum atomic E-state index is -1.29. The maximum Gasteiger partial charge on any atom is 0.305 e. The lowest BCUT2D eigenvalue weighted by Crippen LogP contribution is -2.46. The number of carbonyl (C=O) groups is 3. The Morgan fingerprint density at radius 2 is 1.68 bits per heavy atom. The number of aromatic nitrogens is 1. The Morgan fingerprint density at radius 3 is 2.27 bits per heavy atom. The van der Waals surface area contributed by atoms with Gasteiger partial charge in [-0.05, 0) is 66.6 Å². The van der Waals surface area contributed by atoms with Gasteiger partial charge in [-0.2, -0.15) is 0 Å². The predicted molar refractivity (Wildman–Crippen MR) is 144 cm³/mol. The van der Waals surface area contributed by atoms with E-state index in [1.807, 2.05) is 45.9 Å². The largest absolute Gasteiger partial charge is 0.481 e. The molecule has 212 valence electrons. The molecule has 2 atom stereocenters. The molecule has 0 bridgehead atoms. The number of aliphatic carboxylic acids is 1. The van der Waals surface area contributed by atoms with Crippen LogP contribution in [-0.2, 0) is 9.59 Å². The van der Waals surface area contributed by atoms with Gasteiger partial charge in [-0.1, -0.05) is 32.0 Å². The number of hydrogen-bond acceptors (Lipinski definition) is 5. The van der Waals surface area contributed by atoms with Crippen molar-refractivity contribution >= 4 is 17.7 Å². The van der Waals surface area contributed by atoms with E-state index in [4.69, 9.17) is 0 Å². The number of nitrogens with zero attached hydrogens (tertiary/aromatic N) is 1. The average molecular weight is 556 g/mol. The highest BCUT2D eigenvalue weighted by Crippen LogP contribution is 2.33. The first-order valence-corrected chi connectivity index (χ1v) is 12.8. The lowest BCUT2D eigenvalue weighted by Gasteiger charge is -2.23. The van der Waals surface area contributed by atoms with Crippen molar-refractivity contribution in [1.29, 1.82) is 0 Å². The van der Waals surface area contributed by atoms with Crippen LogP contribution in [0, 0.1) is 37.2 Å². The molecule has 40 heavy (non-hydrogen) atoms. The minimum absolute atomic E-state index is 0.0353. The fourth-order valence-corrected chi connectivity index (χ4v) is 4.63. The van der Waals surface area contributed by atoms with Crippen LogP contribution in [0.3, 0.4) is 0 Å². The van der Waals surface area contributed by atoms with Crippen molar-refractivity contribution in [2.24, 2.45) is 5.92 Å². The van der Waals surface area contributed by atoms with E-state index in [0.29, 0.717) is 11.1 Å². The fourth-order valence-electron chi connectivity index (χ4n) is 4.63. The molecule has 0 aliphatic heterocycles. The number of benzene rings is 2. The van der Waals surface area contributed by atoms with Gasteiger partial charge in [-0.3, -0.25) is 19.4 Å². The molecular weight excluding hydrogens is 523 g/mol. The average Bonchev–Trinajstić information content (AvgIpc) is 2.87. The lowest BCUT2D eigenvalue weighted by atomic mass is 9.92. The van der Waals surface area contributed by atoms with Crippen LogP contribution in [0.5, 0.6) is 0 Å². The zero-order valence-corrected chi connectivity index (χ0v) is 22.7. The first-order valence-electron chi connectivity index (χ1n) is 12.8. The van der Waals surface area contributed by atoms with Crippen molar-refractivity contribution in [2.75, 3.05) is 6.54 Å². The summed E-state index contributed by atoms with van der Waals surface area (Å²) >= 11 is 0. The Kier molecular flexibility index (Phi) is 10.2. The van der Waals surface area contributed by atoms with Gasteiger partial charge in [0.15, 0.2) is 23.2 Å². The Balaban J connectivity index is 1.89. The number of carboxylic acid groups (broad SMARTS) is 1. The zero-order valence-electron chi connectivity index (χ0n) is 22.7. The van der Waals surface area contributed by atoms with E-state index in [0.717, 1.165) is 23.4 Å². The van der Waals surface area contributed by atoms with E-state index < -0.39 is 60.2 Å². The monoisotopic (exact) mass is 555 g/mol. The van der Waals surface area contributed by atoms with Crippen molar-refractivity contribution in [3.05, 3.63) is 88.5 Å². The highest BCUT2D eigenvalue weighted by atomic mass is 19.2. The molecule has 10 heteroatoms. The van der Waals surface area contributed by atoms with Gasteiger partial charge in [0.25, 0.3) is 5.91 Å². The molecule has 0 aliphatic rings. The summed E-state index contributed by atoms with van der Waals surface area (Å²) in [6, 6.07) is 6.83. The van der Waals surface area contributed by atoms with E-state index in [1.54, 1.807) is 0 Å². The molecule has 0 saturated heterocycles. The van der Waals surface area contributed by atoms with Crippen LogP contribution < -0.4 is 10.6 Å². The first kappa shape index (κ1) is 30.5. The van der Waals surface area contributed by atoms with Crippen molar-refractivity contribution in [2.45, 2.75) is 52.6 Å². The van der Waals surface area contributed by atoms with Crippen LogP contribution in [0.1, 0.15) is 59.8 Å². The number of rotatable bonds is 12. The Hall–Kier alpha value is -4.05. The highest BCUT2D eigenvalue weighted by molar-refractivity contribution is 5.98. The summed E-state index contributed by atoms with van der Waals surface area (Å²) in [5.74, 6) is -5.88.